The second kappa shape index (κ2) is 5.72. The van der Waals surface area contributed by atoms with Crippen molar-refractivity contribution in [3.63, 3.8) is 0 Å². The van der Waals surface area contributed by atoms with Crippen LogP contribution in [0.5, 0.6) is 5.75 Å². The minimum absolute atomic E-state index is 0.187. The van der Waals surface area contributed by atoms with E-state index < -0.39 is 0 Å². The summed E-state index contributed by atoms with van der Waals surface area (Å²) in [4.78, 5) is 9.26. The third kappa shape index (κ3) is 3.32. The van der Waals surface area contributed by atoms with Crippen LogP contribution in [-0.2, 0) is 0 Å². The Morgan fingerprint density at radius 1 is 1.14 bits per heavy atom. The third-order valence-corrected chi connectivity index (χ3v) is 3.46. The molecule has 1 heterocycles. The van der Waals surface area contributed by atoms with Crippen LogP contribution in [-0.4, -0.2) is 23.1 Å². The van der Waals surface area contributed by atoms with Crippen LogP contribution in [0, 0.1) is 0 Å². The number of nitrogens with one attached hydrogen (secondary N) is 1. The van der Waals surface area contributed by atoms with Crippen LogP contribution in [0.3, 0.4) is 0 Å². The van der Waals surface area contributed by atoms with Crippen LogP contribution >= 0.6 is 0 Å². The number of hydrogen-bond donors (Lipinski definition) is 1. The number of ether oxygens (including phenoxy) is 1. The van der Waals surface area contributed by atoms with Gasteiger partial charge in [0.1, 0.15) is 17.4 Å². The fourth-order valence-electron chi connectivity index (χ4n) is 2.24. The van der Waals surface area contributed by atoms with Gasteiger partial charge < -0.3 is 10.1 Å². The van der Waals surface area contributed by atoms with Crippen LogP contribution in [0.4, 0.5) is 5.82 Å². The van der Waals surface area contributed by atoms with Gasteiger partial charge in [0, 0.05) is 24.6 Å². The molecule has 1 aromatic heterocycles. The topological polar surface area (TPSA) is 47.0 Å². The Morgan fingerprint density at radius 3 is 2.43 bits per heavy atom. The fourth-order valence-corrected chi connectivity index (χ4v) is 2.24. The Bertz CT molecular complexity index is 618. The number of anilines is 1. The van der Waals surface area contributed by atoms with Crippen LogP contribution in [0.1, 0.15) is 38.4 Å². The summed E-state index contributed by atoms with van der Waals surface area (Å²) in [6.07, 6.45) is 2.59. The fraction of sp³-hybridized carbons (Fsp3) is 0.412. The summed E-state index contributed by atoms with van der Waals surface area (Å²) in [7, 11) is 1.89. The maximum atomic E-state index is 5.68. The molecule has 1 saturated carbocycles. The highest BCUT2D eigenvalue weighted by Gasteiger charge is 2.27. The standard InChI is InChI=1S/C17H21N3O/c1-11(2)21-14-8-6-12(7-9-14)15-10-16(18-3)20-17(19-15)13-4-5-13/h6-11,13H,4-5H2,1-3H3,(H,18,19,20). The van der Waals surface area contributed by atoms with E-state index in [1.807, 2.05) is 39.1 Å². The highest BCUT2D eigenvalue weighted by Crippen LogP contribution is 2.39. The Kier molecular flexibility index (Phi) is 3.78. The lowest BCUT2D eigenvalue weighted by molar-refractivity contribution is 0.242. The van der Waals surface area contributed by atoms with Crippen molar-refractivity contribution in [1.82, 2.24) is 9.97 Å². The molecule has 1 N–H and O–H groups in total. The second-order valence-corrected chi connectivity index (χ2v) is 5.71. The Balaban J connectivity index is 1.90. The minimum atomic E-state index is 0.187. The van der Waals surface area contributed by atoms with Gasteiger partial charge in [0.05, 0.1) is 11.8 Å². The Labute approximate surface area is 125 Å². The summed E-state index contributed by atoms with van der Waals surface area (Å²) < 4.78 is 5.68. The maximum absolute atomic E-state index is 5.68. The molecule has 1 aliphatic rings. The maximum Gasteiger partial charge on any atom is 0.134 e. The van der Waals surface area contributed by atoms with Crippen LogP contribution in [0.2, 0.25) is 0 Å². The van der Waals surface area contributed by atoms with Gasteiger partial charge >= 0.3 is 0 Å². The first-order valence-corrected chi connectivity index (χ1v) is 7.49. The molecule has 2 aromatic rings. The molecular weight excluding hydrogens is 262 g/mol. The molecule has 1 aromatic carbocycles. The monoisotopic (exact) mass is 283 g/mol. The Hall–Kier alpha value is -2.10. The van der Waals surface area contributed by atoms with E-state index in [2.05, 4.69) is 22.4 Å². The molecule has 0 aliphatic heterocycles. The van der Waals surface area contributed by atoms with Crippen molar-refractivity contribution in [1.29, 1.82) is 0 Å². The molecule has 21 heavy (non-hydrogen) atoms. The van der Waals surface area contributed by atoms with E-state index in [0.29, 0.717) is 5.92 Å². The smallest absolute Gasteiger partial charge is 0.134 e. The van der Waals surface area contributed by atoms with Crippen molar-refractivity contribution in [2.24, 2.45) is 0 Å². The zero-order valence-corrected chi connectivity index (χ0v) is 12.8. The van der Waals surface area contributed by atoms with Crippen LogP contribution in [0.25, 0.3) is 11.3 Å². The van der Waals surface area contributed by atoms with E-state index in [9.17, 15) is 0 Å². The summed E-state index contributed by atoms with van der Waals surface area (Å²) >= 11 is 0. The molecule has 0 spiro atoms. The molecule has 0 unspecified atom stereocenters. The van der Waals surface area contributed by atoms with Gasteiger partial charge in [-0.25, -0.2) is 9.97 Å². The van der Waals surface area contributed by atoms with Gasteiger partial charge in [0.15, 0.2) is 0 Å². The SMILES string of the molecule is CNc1cc(-c2ccc(OC(C)C)cc2)nc(C2CC2)n1. The first kappa shape index (κ1) is 13.9. The zero-order valence-electron chi connectivity index (χ0n) is 12.8. The van der Waals surface area contributed by atoms with Crippen molar-refractivity contribution in [3.8, 4) is 17.0 Å². The van der Waals surface area contributed by atoms with Crippen LogP contribution < -0.4 is 10.1 Å². The quantitative estimate of drug-likeness (QED) is 0.905. The van der Waals surface area contributed by atoms with Gasteiger partial charge in [-0.15, -0.1) is 0 Å². The van der Waals surface area contributed by atoms with E-state index in [-0.39, 0.29) is 6.10 Å². The van der Waals surface area contributed by atoms with Gasteiger partial charge in [-0.3, -0.25) is 0 Å². The molecule has 3 rings (SSSR count). The first-order chi connectivity index (χ1) is 10.2. The van der Waals surface area contributed by atoms with Crippen molar-refractivity contribution in [2.75, 3.05) is 12.4 Å². The van der Waals surface area contributed by atoms with Gasteiger partial charge in [-0.2, -0.15) is 0 Å². The number of hydrogen-bond acceptors (Lipinski definition) is 4. The molecule has 0 amide bonds. The van der Waals surface area contributed by atoms with E-state index in [1.165, 1.54) is 12.8 Å². The Morgan fingerprint density at radius 2 is 1.86 bits per heavy atom. The highest BCUT2D eigenvalue weighted by molar-refractivity contribution is 5.63. The summed E-state index contributed by atoms with van der Waals surface area (Å²) in [5.74, 6) is 3.27. The van der Waals surface area contributed by atoms with Crippen molar-refractivity contribution < 1.29 is 4.74 Å². The number of benzene rings is 1. The van der Waals surface area contributed by atoms with E-state index >= 15 is 0 Å². The van der Waals surface area contributed by atoms with Crippen molar-refractivity contribution in [2.45, 2.75) is 38.7 Å². The lowest BCUT2D eigenvalue weighted by Gasteiger charge is -2.11. The highest BCUT2D eigenvalue weighted by atomic mass is 16.5. The molecule has 1 aliphatic carbocycles. The molecular formula is C17H21N3O. The predicted molar refractivity (Wildman–Crippen MR) is 84.8 cm³/mol. The average molecular weight is 283 g/mol. The van der Waals surface area contributed by atoms with E-state index in [1.54, 1.807) is 0 Å². The summed E-state index contributed by atoms with van der Waals surface area (Å²) in [6, 6.07) is 10.1. The van der Waals surface area contributed by atoms with Gasteiger partial charge in [0.2, 0.25) is 0 Å². The number of nitrogens with zero attached hydrogens (tertiary/aromatic N) is 2. The molecule has 0 bridgehead atoms. The summed E-state index contributed by atoms with van der Waals surface area (Å²) in [5, 5.41) is 3.12. The second-order valence-electron chi connectivity index (χ2n) is 5.71. The van der Waals surface area contributed by atoms with Crippen LogP contribution in [0.15, 0.2) is 30.3 Å². The van der Waals surface area contributed by atoms with Gasteiger partial charge in [-0.05, 0) is 51.0 Å². The molecule has 1 fully saturated rings. The van der Waals surface area contributed by atoms with Crippen molar-refractivity contribution in [3.05, 3.63) is 36.2 Å². The van der Waals surface area contributed by atoms with Crippen molar-refractivity contribution >= 4 is 5.82 Å². The first-order valence-electron chi connectivity index (χ1n) is 7.49. The summed E-state index contributed by atoms with van der Waals surface area (Å²) in [5.41, 5.74) is 2.05. The lowest BCUT2D eigenvalue weighted by Crippen LogP contribution is -2.05. The average Bonchev–Trinajstić information content (AvgIpc) is 3.31. The van der Waals surface area contributed by atoms with Gasteiger partial charge in [0.25, 0.3) is 0 Å². The summed E-state index contributed by atoms with van der Waals surface area (Å²) in [6.45, 7) is 4.05. The normalized spacial score (nSPS) is 14.3. The lowest BCUT2D eigenvalue weighted by atomic mass is 10.1. The predicted octanol–water partition coefficient (Wildman–Crippen LogP) is 3.85. The minimum Gasteiger partial charge on any atom is -0.491 e. The molecule has 0 radical (unpaired) electrons. The molecule has 4 heteroatoms. The number of rotatable bonds is 5. The zero-order chi connectivity index (χ0) is 14.8. The third-order valence-electron chi connectivity index (χ3n) is 3.46. The van der Waals surface area contributed by atoms with E-state index in [4.69, 9.17) is 9.72 Å². The van der Waals surface area contributed by atoms with E-state index in [0.717, 1.165) is 28.6 Å². The van der Waals surface area contributed by atoms with Gasteiger partial charge in [-0.1, -0.05) is 0 Å². The molecule has 0 saturated heterocycles. The largest absolute Gasteiger partial charge is 0.491 e. The molecule has 110 valence electrons. The molecule has 0 atom stereocenters. The molecule has 4 nitrogen and oxygen atoms in total. The number of aromatic nitrogens is 2.